The monoisotopic (exact) mass is 479 g/mol. The number of aromatic amines is 1. The Balaban J connectivity index is 1.54. The number of nitrogens with one attached hydrogen (secondary N) is 2. The van der Waals surface area contributed by atoms with E-state index in [9.17, 15) is 14.0 Å². The Morgan fingerprint density at radius 2 is 2.21 bits per heavy atom. The molecule has 2 N–H and O–H groups in total. The number of carbonyl (C=O) groups excluding carboxylic acids is 2. The number of halogens is 1. The summed E-state index contributed by atoms with van der Waals surface area (Å²) in [5, 5.41) is 2.63. The predicted molar refractivity (Wildman–Crippen MR) is 135 cm³/mol. The van der Waals surface area contributed by atoms with E-state index >= 15 is 0 Å². The highest BCUT2D eigenvalue weighted by Crippen LogP contribution is 2.31. The van der Waals surface area contributed by atoms with E-state index in [-0.39, 0.29) is 22.5 Å². The van der Waals surface area contributed by atoms with Crippen molar-refractivity contribution in [3.8, 4) is 0 Å². The van der Waals surface area contributed by atoms with Crippen LogP contribution in [0.1, 0.15) is 25.3 Å². The number of aliphatic imine (C=N–C) groups is 3. The van der Waals surface area contributed by atoms with Crippen molar-refractivity contribution in [3.05, 3.63) is 54.1 Å². The smallest absolute Gasteiger partial charge is 0.345 e. The number of anilines is 2. The lowest BCUT2D eigenvalue weighted by Gasteiger charge is -2.16. The molecule has 174 valence electrons. The van der Waals surface area contributed by atoms with Crippen LogP contribution in [0.4, 0.5) is 20.6 Å². The van der Waals surface area contributed by atoms with Gasteiger partial charge in [-0.25, -0.2) is 19.2 Å². The highest BCUT2D eigenvalue weighted by Gasteiger charge is 2.32. The fraction of sp³-hybridized carbons (Fsp3) is 0.217. The van der Waals surface area contributed by atoms with Crippen LogP contribution < -0.4 is 10.2 Å². The van der Waals surface area contributed by atoms with Crippen LogP contribution in [0.3, 0.4) is 0 Å². The lowest BCUT2D eigenvalue weighted by atomic mass is 10.1. The van der Waals surface area contributed by atoms with Crippen molar-refractivity contribution in [2.45, 2.75) is 19.8 Å². The van der Waals surface area contributed by atoms with Gasteiger partial charge >= 0.3 is 6.03 Å². The zero-order valence-corrected chi connectivity index (χ0v) is 19.4. The van der Waals surface area contributed by atoms with Gasteiger partial charge in [0.2, 0.25) is 5.91 Å². The number of nitrogens with zero attached hydrogens (tertiary/aromatic N) is 5. The van der Waals surface area contributed by atoms with Gasteiger partial charge in [-0.3, -0.25) is 14.7 Å². The number of benzene rings is 2. The molecule has 2 aromatic carbocycles. The summed E-state index contributed by atoms with van der Waals surface area (Å²) in [6.45, 7) is 2.03. The summed E-state index contributed by atoms with van der Waals surface area (Å²) in [6.07, 6.45) is 5.01. The Kier molecular flexibility index (Phi) is 7.12. The van der Waals surface area contributed by atoms with Gasteiger partial charge in [0.1, 0.15) is 11.3 Å². The number of carbonyl (C=O) groups is 2. The van der Waals surface area contributed by atoms with Gasteiger partial charge in [0.15, 0.2) is 11.0 Å². The molecule has 1 fully saturated rings. The number of amides is 3. The summed E-state index contributed by atoms with van der Waals surface area (Å²) in [5.74, 6) is -0.341. The topological polar surface area (TPSA) is 115 Å². The summed E-state index contributed by atoms with van der Waals surface area (Å²) in [4.78, 5) is 46.1. The van der Waals surface area contributed by atoms with Crippen LogP contribution in [0.5, 0.6) is 0 Å². The molecule has 0 spiro atoms. The van der Waals surface area contributed by atoms with Gasteiger partial charge in [0.25, 0.3) is 0 Å². The summed E-state index contributed by atoms with van der Waals surface area (Å²) in [6, 6.07) is 8.85. The largest absolute Gasteiger partial charge is 0.347 e. The molecule has 0 saturated carbocycles. The Labute approximate surface area is 199 Å². The van der Waals surface area contributed by atoms with Crippen molar-refractivity contribution >= 4 is 63.3 Å². The fourth-order valence-corrected chi connectivity index (χ4v) is 4.20. The van der Waals surface area contributed by atoms with Gasteiger partial charge in [-0.1, -0.05) is 31.2 Å². The van der Waals surface area contributed by atoms with E-state index in [2.05, 4.69) is 30.3 Å². The van der Waals surface area contributed by atoms with Crippen molar-refractivity contribution < 1.29 is 14.0 Å². The zero-order valence-electron chi connectivity index (χ0n) is 18.6. The number of thioether (sulfide) groups is 1. The van der Waals surface area contributed by atoms with E-state index in [0.29, 0.717) is 22.6 Å². The van der Waals surface area contributed by atoms with Gasteiger partial charge in [0, 0.05) is 18.8 Å². The molecule has 0 bridgehead atoms. The van der Waals surface area contributed by atoms with Gasteiger partial charge in [-0.2, -0.15) is 4.99 Å². The number of H-pyrrole nitrogens is 1. The van der Waals surface area contributed by atoms with Crippen molar-refractivity contribution in [1.29, 1.82) is 0 Å². The first-order valence-electron chi connectivity index (χ1n) is 10.6. The summed E-state index contributed by atoms with van der Waals surface area (Å²) in [5.41, 5.74) is 2.31. The van der Waals surface area contributed by atoms with Crippen LogP contribution in [-0.4, -0.2) is 51.9 Å². The molecule has 4 rings (SSSR count). The highest BCUT2D eigenvalue weighted by molar-refractivity contribution is 8.15. The molecule has 3 amide bonds. The maximum absolute atomic E-state index is 14.7. The van der Waals surface area contributed by atoms with E-state index in [1.807, 2.05) is 13.0 Å². The SMILES string of the molecule is CCCC=NC(=NC)c1ccc(NC(=O)N=C2SCC(=O)N2c2cccc3[nH]cnc23)c(F)c1. The average Bonchev–Trinajstić information content (AvgIpc) is 3.45. The number of imidazole rings is 1. The number of para-hydroxylation sites is 1. The third-order valence-corrected chi connectivity index (χ3v) is 5.87. The molecule has 0 radical (unpaired) electrons. The zero-order chi connectivity index (χ0) is 24.1. The molecule has 9 nitrogen and oxygen atoms in total. The minimum Gasteiger partial charge on any atom is -0.345 e. The van der Waals surface area contributed by atoms with Crippen LogP contribution in [0, 0.1) is 5.82 Å². The fourth-order valence-electron chi connectivity index (χ4n) is 3.34. The van der Waals surface area contributed by atoms with Gasteiger partial charge in [-0.15, -0.1) is 0 Å². The minimum atomic E-state index is -0.798. The van der Waals surface area contributed by atoms with Gasteiger partial charge in [-0.05, 0) is 36.8 Å². The number of hydrogen-bond donors (Lipinski definition) is 2. The predicted octanol–water partition coefficient (Wildman–Crippen LogP) is 4.62. The van der Waals surface area contributed by atoms with Crippen LogP contribution >= 0.6 is 11.8 Å². The van der Waals surface area contributed by atoms with Crippen molar-refractivity contribution in [3.63, 3.8) is 0 Å². The lowest BCUT2D eigenvalue weighted by Crippen LogP contribution is -2.30. The summed E-state index contributed by atoms with van der Waals surface area (Å²) < 4.78 is 14.7. The number of amidine groups is 2. The molecule has 11 heteroatoms. The highest BCUT2D eigenvalue weighted by atomic mass is 32.2. The first kappa shape index (κ1) is 23.3. The van der Waals surface area contributed by atoms with Crippen molar-refractivity contribution in [1.82, 2.24) is 9.97 Å². The number of hydrogen-bond acceptors (Lipinski definition) is 5. The molecular formula is C23H22FN7O2S. The minimum absolute atomic E-state index is 0.0404. The normalized spacial score (nSPS) is 15.7. The molecule has 0 atom stereocenters. The van der Waals surface area contributed by atoms with Crippen molar-refractivity contribution in [2.24, 2.45) is 15.0 Å². The second-order valence-electron chi connectivity index (χ2n) is 7.26. The molecule has 1 aromatic heterocycles. The van der Waals surface area contributed by atoms with E-state index in [0.717, 1.165) is 30.1 Å². The maximum Gasteiger partial charge on any atom is 0.347 e. The first-order valence-corrected chi connectivity index (χ1v) is 11.6. The molecule has 1 saturated heterocycles. The second kappa shape index (κ2) is 10.4. The van der Waals surface area contributed by atoms with E-state index in [1.54, 1.807) is 31.5 Å². The Hall–Kier alpha value is -3.86. The average molecular weight is 480 g/mol. The standard InChI is InChI=1S/C23H22FN7O2S/c1-3-4-10-26-21(25-2)14-8-9-16(15(24)11-14)29-22(33)30-23-31(19(32)12-34-23)18-7-5-6-17-20(18)28-13-27-17/h5-11,13H,3-4,12H2,1-2H3,(H,27,28)(H,29,33). The summed E-state index contributed by atoms with van der Waals surface area (Å²) >= 11 is 1.13. The molecule has 3 aromatic rings. The second-order valence-corrected chi connectivity index (χ2v) is 8.20. The van der Waals surface area contributed by atoms with Crippen LogP contribution in [0.15, 0.2) is 57.7 Å². The number of unbranched alkanes of at least 4 members (excludes halogenated alkanes) is 1. The molecule has 0 aliphatic carbocycles. The van der Waals surface area contributed by atoms with Gasteiger partial charge < -0.3 is 10.3 Å². The number of rotatable bonds is 5. The van der Waals surface area contributed by atoms with E-state index in [1.165, 1.54) is 23.4 Å². The van der Waals surface area contributed by atoms with Crippen LogP contribution in [-0.2, 0) is 4.79 Å². The Morgan fingerprint density at radius 1 is 1.35 bits per heavy atom. The number of urea groups is 1. The molecule has 2 heterocycles. The third-order valence-electron chi connectivity index (χ3n) is 4.94. The molecular weight excluding hydrogens is 457 g/mol. The van der Waals surface area contributed by atoms with E-state index < -0.39 is 11.8 Å². The maximum atomic E-state index is 14.7. The van der Waals surface area contributed by atoms with Crippen LogP contribution in [0.25, 0.3) is 11.0 Å². The molecule has 1 aliphatic rings. The lowest BCUT2D eigenvalue weighted by molar-refractivity contribution is -0.115. The third kappa shape index (κ3) is 4.88. The molecule has 34 heavy (non-hydrogen) atoms. The van der Waals surface area contributed by atoms with Crippen LogP contribution in [0.2, 0.25) is 0 Å². The molecule has 0 unspecified atom stereocenters. The molecule has 1 aliphatic heterocycles. The number of fused-ring (bicyclic) bond motifs is 1. The Bertz CT molecular complexity index is 1330. The van der Waals surface area contributed by atoms with Crippen molar-refractivity contribution in [2.75, 3.05) is 23.0 Å². The number of aromatic nitrogens is 2. The quantitative estimate of drug-likeness (QED) is 0.410. The van der Waals surface area contributed by atoms with Gasteiger partial charge in [0.05, 0.1) is 29.0 Å². The first-order chi connectivity index (χ1) is 16.5. The summed E-state index contributed by atoms with van der Waals surface area (Å²) in [7, 11) is 1.58. The van der Waals surface area contributed by atoms with E-state index in [4.69, 9.17) is 0 Å². The Morgan fingerprint density at radius 3 is 2.97 bits per heavy atom.